The Bertz CT molecular complexity index is 443. The first kappa shape index (κ1) is 14.8. The number of halogens is 4. The van der Waals surface area contributed by atoms with Gasteiger partial charge in [-0.3, -0.25) is 4.79 Å². The van der Waals surface area contributed by atoms with Crippen LogP contribution >= 0.6 is 11.6 Å². The number of carboxylic acids is 1. The number of carboxylic acid groups (broad SMARTS) is 1. The fourth-order valence-electron chi connectivity index (χ4n) is 1.78. The van der Waals surface area contributed by atoms with E-state index in [0.717, 1.165) is 12.1 Å². The zero-order chi connectivity index (χ0) is 13.9. The Hall–Kier alpha value is -1.23. The van der Waals surface area contributed by atoms with Crippen LogP contribution in [0.15, 0.2) is 18.2 Å². The first-order chi connectivity index (χ1) is 8.27. The van der Waals surface area contributed by atoms with E-state index in [4.69, 9.17) is 16.7 Å². The third-order valence-electron chi connectivity index (χ3n) is 2.57. The third kappa shape index (κ3) is 3.38. The maximum absolute atomic E-state index is 12.8. The van der Waals surface area contributed by atoms with Crippen LogP contribution in [0.5, 0.6) is 0 Å². The molecule has 1 aromatic rings. The van der Waals surface area contributed by atoms with Crippen molar-refractivity contribution in [1.82, 2.24) is 0 Å². The van der Waals surface area contributed by atoms with Gasteiger partial charge in [-0.05, 0) is 24.1 Å². The first-order valence-electron chi connectivity index (χ1n) is 5.36. The number of rotatable bonds is 4. The number of carbonyl (C=O) groups is 1. The maximum atomic E-state index is 12.8. The average molecular weight is 281 g/mol. The molecule has 6 heteroatoms. The lowest BCUT2D eigenvalue weighted by atomic mass is 9.90. The molecule has 0 aliphatic rings. The van der Waals surface area contributed by atoms with E-state index >= 15 is 0 Å². The van der Waals surface area contributed by atoms with Gasteiger partial charge in [-0.2, -0.15) is 13.2 Å². The topological polar surface area (TPSA) is 37.3 Å². The van der Waals surface area contributed by atoms with Gasteiger partial charge in [-0.1, -0.05) is 31.0 Å². The largest absolute Gasteiger partial charge is 0.481 e. The molecular weight excluding hydrogens is 269 g/mol. The standard InChI is InChI=1S/C12H12ClF3O2/c1-2-3-9(11(17)18)8-5-4-7(13)6-10(8)12(14,15)16/h4-6,9H,2-3H2,1H3,(H,17,18). The summed E-state index contributed by atoms with van der Waals surface area (Å²) < 4.78 is 38.5. The number of aliphatic carboxylic acids is 1. The van der Waals surface area contributed by atoms with E-state index in [-0.39, 0.29) is 17.0 Å². The van der Waals surface area contributed by atoms with Crippen molar-refractivity contribution in [2.24, 2.45) is 0 Å². The third-order valence-corrected chi connectivity index (χ3v) is 2.81. The van der Waals surface area contributed by atoms with Gasteiger partial charge >= 0.3 is 12.1 Å². The van der Waals surface area contributed by atoms with Crippen LogP contribution in [0.25, 0.3) is 0 Å². The predicted octanol–water partition coefficient (Wildman–Crippen LogP) is 4.33. The summed E-state index contributed by atoms with van der Waals surface area (Å²) in [7, 11) is 0. The van der Waals surface area contributed by atoms with Crippen LogP contribution in [0.2, 0.25) is 5.02 Å². The Morgan fingerprint density at radius 1 is 1.44 bits per heavy atom. The number of hydrogen-bond donors (Lipinski definition) is 1. The van der Waals surface area contributed by atoms with Gasteiger partial charge in [-0.15, -0.1) is 0 Å². The molecule has 2 nitrogen and oxygen atoms in total. The van der Waals surface area contributed by atoms with Crippen LogP contribution in [0.3, 0.4) is 0 Å². The van der Waals surface area contributed by atoms with Crippen molar-refractivity contribution >= 4 is 17.6 Å². The lowest BCUT2D eigenvalue weighted by Gasteiger charge is -2.18. The highest BCUT2D eigenvalue weighted by Gasteiger charge is 2.36. The highest BCUT2D eigenvalue weighted by atomic mass is 35.5. The van der Waals surface area contributed by atoms with Gasteiger partial charge in [0, 0.05) is 5.02 Å². The quantitative estimate of drug-likeness (QED) is 0.891. The Balaban J connectivity index is 3.33. The Kier molecular flexibility index (Phi) is 4.62. The molecule has 0 spiro atoms. The van der Waals surface area contributed by atoms with E-state index < -0.39 is 23.6 Å². The highest BCUT2D eigenvalue weighted by molar-refractivity contribution is 6.30. The monoisotopic (exact) mass is 280 g/mol. The van der Waals surface area contributed by atoms with E-state index in [9.17, 15) is 18.0 Å². The van der Waals surface area contributed by atoms with Gasteiger partial charge in [0.1, 0.15) is 0 Å². The first-order valence-corrected chi connectivity index (χ1v) is 5.74. The zero-order valence-corrected chi connectivity index (χ0v) is 10.3. The Morgan fingerprint density at radius 2 is 2.06 bits per heavy atom. The summed E-state index contributed by atoms with van der Waals surface area (Å²) in [4.78, 5) is 11.1. The summed E-state index contributed by atoms with van der Waals surface area (Å²) in [6.07, 6.45) is -3.97. The van der Waals surface area contributed by atoms with E-state index in [1.165, 1.54) is 6.07 Å². The van der Waals surface area contributed by atoms with Gasteiger partial charge in [0.25, 0.3) is 0 Å². The summed E-state index contributed by atoms with van der Waals surface area (Å²) in [5, 5.41) is 8.95. The van der Waals surface area contributed by atoms with Crippen molar-refractivity contribution in [3.05, 3.63) is 34.3 Å². The van der Waals surface area contributed by atoms with Crippen LogP contribution in [0.4, 0.5) is 13.2 Å². The summed E-state index contributed by atoms with van der Waals surface area (Å²) in [6, 6.07) is 3.18. The van der Waals surface area contributed by atoms with Crippen LogP contribution in [0.1, 0.15) is 36.8 Å². The van der Waals surface area contributed by atoms with Crippen molar-refractivity contribution in [2.75, 3.05) is 0 Å². The van der Waals surface area contributed by atoms with Crippen LogP contribution < -0.4 is 0 Å². The average Bonchev–Trinajstić information content (AvgIpc) is 2.24. The fourth-order valence-corrected chi connectivity index (χ4v) is 1.95. The molecule has 0 amide bonds. The molecule has 0 heterocycles. The van der Waals surface area contributed by atoms with E-state index in [0.29, 0.717) is 6.42 Å². The molecule has 0 saturated heterocycles. The van der Waals surface area contributed by atoms with E-state index in [2.05, 4.69) is 0 Å². The highest BCUT2D eigenvalue weighted by Crippen LogP contribution is 2.38. The second-order valence-electron chi connectivity index (χ2n) is 3.91. The normalized spacial score (nSPS) is 13.4. The van der Waals surface area contributed by atoms with Gasteiger partial charge in [-0.25, -0.2) is 0 Å². The van der Waals surface area contributed by atoms with E-state index in [1.807, 2.05) is 0 Å². The minimum Gasteiger partial charge on any atom is -0.481 e. The fraction of sp³-hybridized carbons (Fsp3) is 0.417. The van der Waals surface area contributed by atoms with Crippen LogP contribution in [0, 0.1) is 0 Å². The van der Waals surface area contributed by atoms with Gasteiger partial charge in [0.05, 0.1) is 11.5 Å². The van der Waals surface area contributed by atoms with Gasteiger partial charge in [0.15, 0.2) is 0 Å². The van der Waals surface area contributed by atoms with Crippen molar-refractivity contribution in [3.63, 3.8) is 0 Å². The maximum Gasteiger partial charge on any atom is 0.416 e. The molecule has 0 saturated carbocycles. The molecule has 18 heavy (non-hydrogen) atoms. The van der Waals surface area contributed by atoms with Crippen LogP contribution in [-0.2, 0) is 11.0 Å². The second kappa shape index (κ2) is 5.61. The lowest BCUT2D eigenvalue weighted by Crippen LogP contribution is -2.17. The van der Waals surface area contributed by atoms with Crippen molar-refractivity contribution < 1.29 is 23.1 Å². The molecule has 0 fully saturated rings. The van der Waals surface area contributed by atoms with Crippen molar-refractivity contribution in [2.45, 2.75) is 31.9 Å². The SMILES string of the molecule is CCCC(C(=O)O)c1ccc(Cl)cc1C(F)(F)F. The van der Waals surface area contributed by atoms with E-state index in [1.54, 1.807) is 6.92 Å². The van der Waals surface area contributed by atoms with Crippen molar-refractivity contribution in [3.8, 4) is 0 Å². The molecule has 100 valence electrons. The molecule has 1 atom stereocenters. The zero-order valence-electron chi connectivity index (χ0n) is 9.59. The molecule has 1 unspecified atom stereocenters. The lowest BCUT2D eigenvalue weighted by molar-refractivity contribution is -0.141. The molecule has 0 aliphatic carbocycles. The summed E-state index contributed by atoms with van der Waals surface area (Å²) in [6.45, 7) is 1.72. The number of alkyl halides is 3. The molecule has 0 bridgehead atoms. The van der Waals surface area contributed by atoms with Gasteiger partial charge in [0.2, 0.25) is 0 Å². The number of benzene rings is 1. The molecule has 1 aromatic carbocycles. The Labute approximate surface area is 107 Å². The van der Waals surface area contributed by atoms with Gasteiger partial charge < -0.3 is 5.11 Å². The molecule has 0 aromatic heterocycles. The second-order valence-corrected chi connectivity index (χ2v) is 4.35. The molecular formula is C12H12ClF3O2. The Morgan fingerprint density at radius 3 is 2.50 bits per heavy atom. The number of hydrogen-bond acceptors (Lipinski definition) is 1. The minimum atomic E-state index is -4.61. The molecule has 0 radical (unpaired) electrons. The summed E-state index contributed by atoms with van der Waals surface area (Å²) >= 11 is 5.54. The smallest absolute Gasteiger partial charge is 0.416 e. The predicted molar refractivity (Wildman–Crippen MR) is 61.7 cm³/mol. The minimum absolute atomic E-state index is 0.0632. The summed E-state index contributed by atoms with van der Waals surface area (Å²) in [5.74, 6) is -2.42. The molecule has 1 N–H and O–H groups in total. The summed E-state index contributed by atoms with van der Waals surface area (Å²) in [5.41, 5.74) is -1.21. The molecule has 1 rings (SSSR count). The molecule has 0 aliphatic heterocycles. The van der Waals surface area contributed by atoms with Crippen LogP contribution in [-0.4, -0.2) is 11.1 Å². The van der Waals surface area contributed by atoms with Crippen molar-refractivity contribution in [1.29, 1.82) is 0 Å².